The van der Waals surface area contributed by atoms with Crippen molar-refractivity contribution in [3.05, 3.63) is 41.3 Å². The van der Waals surface area contributed by atoms with Crippen molar-refractivity contribution in [1.29, 1.82) is 0 Å². The zero-order valence-electron chi connectivity index (χ0n) is 10.8. The summed E-state index contributed by atoms with van der Waals surface area (Å²) in [6.07, 6.45) is 3.93. The zero-order chi connectivity index (χ0) is 13.2. The van der Waals surface area contributed by atoms with Crippen LogP contribution in [0.2, 0.25) is 0 Å². The first-order valence-corrected chi connectivity index (χ1v) is 7.72. The number of benzene rings is 1. The van der Waals surface area contributed by atoms with Crippen molar-refractivity contribution in [3.63, 3.8) is 0 Å². The van der Waals surface area contributed by atoms with Crippen LogP contribution in [-0.4, -0.2) is 25.8 Å². The van der Waals surface area contributed by atoms with Gasteiger partial charge in [-0.2, -0.15) is 4.31 Å². The lowest BCUT2D eigenvalue weighted by molar-refractivity contribution is 0.361. The Hall–Kier alpha value is -1.13. The maximum Gasteiger partial charge on any atom is 0.236 e. The number of hydrogen-bond donors (Lipinski definition) is 0. The highest BCUT2D eigenvalue weighted by atomic mass is 32.2. The molecule has 1 aliphatic rings. The minimum absolute atomic E-state index is 0.0930. The Morgan fingerprint density at radius 2 is 1.89 bits per heavy atom. The predicted molar refractivity (Wildman–Crippen MR) is 74.3 cm³/mol. The Balaban J connectivity index is 2.09. The molecule has 1 saturated carbocycles. The molecule has 18 heavy (non-hydrogen) atoms. The normalized spacial score (nSPS) is 18.4. The second kappa shape index (κ2) is 5.24. The van der Waals surface area contributed by atoms with E-state index in [2.05, 4.69) is 0 Å². The van der Waals surface area contributed by atoms with Crippen LogP contribution in [0.5, 0.6) is 0 Å². The predicted octanol–water partition coefficient (Wildman–Crippen LogP) is 2.72. The lowest BCUT2D eigenvalue weighted by atomic mass is 10.2. The van der Waals surface area contributed by atoms with Crippen molar-refractivity contribution in [2.45, 2.75) is 25.8 Å². The highest BCUT2D eigenvalue weighted by Gasteiger charge is 2.34. The third-order valence-electron chi connectivity index (χ3n) is 3.51. The van der Waals surface area contributed by atoms with Gasteiger partial charge in [0.1, 0.15) is 0 Å². The molecule has 0 aromatic heterocycles. The summed E-state index contributed by atoms with van der Waals surface area (Å²) in [5.41, 5.74) is 0.897. The highest BCUT2D eigenvalue weighted by molar-refractivity contribution is 7.92. The van der Waals surface area contributed by atoms with Crippen LogP contribution in [-0.2, 0) is 10.0 Å². The van der Waals surface area contributed by atoms with Gasteiger partial charge in [0.2, 0.25) is 10.0 Å². The van der Waals surface area contributed by atoms with Crippen molar-refractivity contribution in [2.75, 3.05) is 7.05 Å². The summed E-state index contributed by atoms with van der Waals surface area (Å²) < 4.78 is 25.7. The quantitative estimate of drug-likeness (QED) is 0.821. The molecule has 0 saturated heterocycles. The molecule has 2 rings (SSSR count). The Morgan fingerprint density at radius 1 is 1.28 bits per heavy atom. The third kappa shape index (κ3) is 3.21. The van der Waals surface area contributed by atoms with Gasteiger partial charge in [0, 0.05) is 18.5 Å². The van der Waals surface area contributed by atoms with E-state index in [-0.39, 0.29) is 6.04 Å². The summed E-state index contributed by atoms with van der Waals surface area (Å²) in [5.74, 6) is 0.537. The highest BCUT2D eigenvalue weighted by Crippen LogP contribution is 2.35. The summed E-state index contributed by atoms with van der Waals surface area (Å²) in [6.45, 7) is 1.98. The van der Waals surface area contributed by atoms with E-state index < -0.39 is 10.0 Å². The average molecular weight is 265 g/mol. The number of sulfonamides is 1. The fraction of sp³-hybridized carbons (Fsp3) is 0.429. The summed E-state index contributed by atoms with van der Waals surface area (Å²) in [6, 6.07) is 9.56. The van der Waals surface area contributed by atoms with Gasteiger partial charge in [-0.05, 0) is 37.3 Å². The van der Waals surface area contributed by atoms with Gasteiger partial charge in [0.25, 0.3) is 0 Å². The molecule has 1 fully saturated rings. The summed E-state index contributed by atoms with van der Waals surface area (Å²) in [5, 5.41) is 1.29. The molecule has 4 heteroatoms. The number of rotatable bonds is 5. The Labute approximate surface area is 109 Å². The number of hydrogen-bond acceptors (Lipinski definition) is 2. The van der Waals surface area contributed by atoms with E-state index in [0.29, 0.717) is 5.92 Å². The molecular weight excluding hydrogens is 246 g/mol. The second-order valence-electron chi connectivity index (χ2n) is 4.85. The third-order valence-corrected chi connectivity index (χ3v) is 5.13. The van der Waals surface area contributed by atoms with Gasteiger partial charge in [0.05, 0.1) is 0 Å². The molecule has 0 heterocycles. The first kappa shape index (κ1) is 13.3. The molecular formula is C14H19NO2S. The molecule has 0 aliphatic heterocycles. The fourth-order valence-corrected chi connectivity index (χ4v) is 3.09. The fourth-order valence-electron chi connectivity index (χ4n) is 1.93. The van der Waals surface area contributed by atoms with Gasteiger partial charge >= 0.3 is 0 Å². The zero-order valence-corrected chi connectivity index (χ0v) is 11.6. The minimum atomic E-state index is -3.31. The van der Waals surface area contributed by atoms with E-state index in [9.17, 15) is 8.42 Å². The first-order valence-electron chi connectivity index (χ1n) is 6.22. The van der Waals surface area contributed by atoms with Crippen molar-refractivity contribution in [1.82, 2.24) is 4.31 Å². The first-order chi connectivity index (χ1) is 8.50. The molecule has 3 nitrogen and oxygen atoms in total. The maximum atomic E-state index is 12.1. The Bertz CT molecular complexity index is 518. The van der Waals surface area contributed by atoms with Crippen LogP contribution in [0.3, 0.4) is 0 Å². The average Bonchev–Trinajstić information content (AvgIpc) is 3.20. The molecule has 1 aromatic rings. The van der Waals surface area contributed by atoms with Gasteiger partial charge in [-0.3, -0.25) is 0 Å². The van der Waals surface area contributed by atoms with E-state index in [1.807, 2.05) is 37.3 Å². The SMILES string of the molecule is CC(C1CC1)N(C)S(=O)(=O)C=Cc1ccccc1. The lowest BCUT2D eigenvalue weighted by Gasteiger charge is -2.22. The molecule has 1 aliphatic carbocycles. The van der Waals surface area contributed by atoms with Crippen LogP contribution in [0.25, 0.3) is 6.08 Å². The molecule has 98 valence electrons. The largest absolute Gasteiger partial charge is 0.236 e. The van der Waals surface area contributed by atoms with E-state index in [1.54, 1.807) is 13.1 Å². The van der Waals surface area contributed by atoms with Gasteiger partial charge in [-0.25, -0.2) is 8.42 Å². The van der Waals surface area contributed by atoms with Gasteiger partial charge in [-0.1, -0.05) is 30.3 Å². The van der Waals surface area contributed by atoms with Crippen LogP contribution in [0.15, 0.2) is 35.7 Å². The topological polar surface area (TPSA) is 37.4 Å². The maximum absolute atomic E-state index is 12.1. The van der Waals surface area contributed by atoms with Gasteiger partial charge in [-0.15, -0.1) is 0 Å². The van der Waals surface area contributed by atoms with E-state index in [0.717, 1.165) is 18.4 Å². The monoisotopic (exact) mass is 265 g/mol. The summed E-state index contributed by atoms with van der Waals surface area (Å²) in [7, 11) is -1.65. The summed E-state index contributed by atoms with van der Waals surface area (Å²) in [4.78, 5) is 0. The lowest BCUT2D eigenvalue weighted by Crippen LogP contribution is -2.35. The molecule has 0 N–H and O–H groups in total. The smallest absolute Gasteiger partial charge is 0.208 e. The number of nitrogens with zero attached hydrogens (tertiary/aromatic N) is 1. The molecule has 0 bridgehead atoms. The van der Waals surface area contributed by atoms with E-state index >= 15 is 0 Å². The molecule has 1 atom stereocenters. The van der Waals surface area contributed by atoms with Crippen LogP contribution >= 0.6 is 0 Å². The molecule has 0 amide bonds. The van der Waals surface area contributed by atoms with Gasteiger partial charge in [0.15, 0.2) is 0 Å². The molecule has 0 spiro atoms. The van der Waals surface area contributed by atoms with Crippen molar-refractivity contribution in [2.24, 2.45) is 5.92 Å². The molecule has 1 aromatic carbocycles. The Kier molecular flexibility index (Phi) is 3.88. The summed E-state index contributed by atoms with van der Waals surface area (Å²) >= 11 is 0. The second-order valence-corrected chi connectivity index (χ2v) is 6.73. The van der Waals surface area contributed by atoms with Crippen LogP contribution in [0.1, 0.15) is 25.3 Å². The van der Waals surface area contributed by atoms with Crippen LogP contribution < -0.4 is 0 Å². The van der Waals surface area contributed by atoms with Crippen molar-refractivity contribution >= 4 is 16.1 Å². The van der Waals surface area contributed by atoms with E-state index in [4.69, 9.17) is 0 Å². The van der Waals surface area contributed by atoms with Crippen LogP contribution in [0.4, 0.5) is 0 Å². The standard InChI is InChI=1S/C14H19NO2S/c1-12(14-8-9-14)15(2)18(16,17)11-10-13-6-4-3-5-7-13/h3-7,10-12,14H,8-9H2,1-2H3. The van der Waals surface area contributed by atoms with E-state index in [1.165, 1.54) is 9.71 Å². The van der Waals surface area contributed by atoms with Crippen molar-refractivity contribution in [3.8, 4) is 0 Å². The molecule has 1 unspecified atom stereocenters. The van der Waals surface area contributed by atoms with Crippen LogP contribution in [0, 0.1) is 5.92 Å². The molecule has 0 radical (unpaired) electrons. The van der Waals surface area contributed by atoms with Gasteiger partial charge < -0.3 is 0 Å². The van der Waals surface area contributed by atoms with Crippen molar-refractivity contribution < 1.29 is 8.42 Å². The minimum Gasteiger partial charge on any atom is -0.208 e. The Morgan fingerprint density at radius 3 is 2.44 bits per heavy atom.